The molecule has 0 amide bonds. The van der Waals surface area contributed by atoms with Gasteiger partial charge in [0, 0.05) is 5.56 Å². The van der Waals surface area contributed by atoms with Crippen LogP contribution in [0.2, 0.25) is 0 Å². The summed E-state index contributed by atoms with van der Waals surface area (Å²) < 4.78 is 1.96. The normalized spacial score (nSPS) is 10.9. The van der Waals surface area contributed by atoms with E-state index in [2.05, 4.69) is 15.2 Å². The second-order valence-corrected chi connectivity index (χ2v) is 4.32. The second kappa shape index (κ2) is 4.18. The predicted octanol–water partition coefficient (Wildman–Crippen LogP) is 2.51. The highest BCUT2D eigenvalue weighted by atomic mass is 32.2. The molecule has 17 heavy (non-hydrogen) atoms. The molecule has 0 aliphatic heterocycles. The van der Waals surface area contributed by atoms with Gasteiger partial charge in [-0.25, -0.2) is 4.98 Å². The highest BCUT2D eigenvalue weighted by Gasteiger charge is 2.09. The predicted molar refractivity (Wildman–Crippen MR) is 68.0 cm³/mol. The van der Waals surface area contributed by atoms with Gasteiger partial charge in [0.2, 0.25) is 0 Å². The van der Waals surface area contributed by atoms with E-state index in [4.69, 9.17) is 0 Å². The first-order valence-corrected chi connectivity index (χ1v) is 6.41. The van der Waals surface area contributed by atoms with Gasteiger partial charge in [-0.3, -0.25) is 4.40 Å². The lowest BCUT2D eigenvalue weighted by Gasteiger charge is -2.05. The minimum Gasteiger partial charge on any atom is -0.274 e. The smallest absolute Gasteiger partial charge is 0.195 e. The molecule has 3 aromatic rings. The Kier molecular flexibility index (Phi) is 2.53. The van der Waals surface area contributed by atoms with Crippen molar-refractivity contribution >= 4 is 17.3 Å². The largest absolute Gasteiger partial charge is 0.274 e. The van der Waals surface area contributed by atoms with Crippen molar-refractivity contribution in [1.29, 1.82) is 0 Å². The monoisotopic (exact) mass is 242 g/mol. The molecule has 2 heterocycles. The maximum absolute atomic E-state index is 4.29. The van der Waals surface area contributed by atoms with Crippen LogP contribution in [0.3, 0.4) is 0 Å². The number of nitrogens with zero attached hydrogens (tertiary/aromatic N) is 4. The third kappa shape index (κ3) is 1.68. The third-order valence-corrected chi connectivity index (χ3v) is 3.20. The summed E-state index contributed by atoms with van der Waals surface area (Å²) in [5.74, 6) is 0. The zero-order chi connectivity index (χ0) is 11.7. The first-order chi connectivity index (χ1) is 8.40. The molecule has 0 N–H and O–H groups in total. The molecule has 0 radical (unpaired) electrons. The summed E-state index contributed by atoms with van der Waals surface area (Å²) in [6.45, 7) is 0. The molecule has 0 saturated carbocycles. The minimum atomic E-state index is 0.845. The van der Waals surface area contributed by atoms with Gasteiger partial charge in [-0.05, 0) is 6.26 Å². The fraction of sp³-hybridized carbons (Fsp3) is 0.0833. The Bertz CT molecular complexity index is 648. The van der Waals surface area contributed by atoms with E-state index in [1.54, 1.807) is 18.1 Å². The summed E-state index contributed by atoms with van der Waals surface area (Å²) >= 11 is 1.56. The number of imidazole rings is 1. The molecule has 0 aliphatic carbocycles. The minimum absolute atomic E-state index is 0.845. The van der Waals surface area contributed by atoms with Crippen molar-refractivity contribution in [2.45, 2.75) is 5.16 Å². The fourth-order valence-corrected chi connectivity index (χ4v) is 2.22. The average Bonchev–Trinajstić information content (AvgIpc) is 2.88. The van der Waals surface area contributed by atoms with Gasteiger partial charge < -0.3 is 0 Å². The Morgan fingerprint density at radius 2 is 1.94 bits per heavy atom. The van der Waals surface area contributed by atoms with Gasteiger partial charge in [0.15, 0.2) is 5.16 Å². The molecule has 4 nitrogen and oxygen atoms in total. The first-order valence-electron chi connectivity index (χ1n) is 5.18. The van der Waals surface area contributed by atoms with Crippen LogP contribution in [0.15, 0.2) is 48.0 Å². The van der Waals surface area contributed by atoms with Gasteiger partial charge in [-0.15, -0.1) is 10.2 Å². The van der Waals surface area contributed by atoms with Crippen LogP contribution in [0.5, 0.6) is 0 Å². The van der Waals surface area contributed by atoms with Crippen molar-refractivity contribution in [3.05, 3.63) is 42.9 Å². The van der Waals surface area contributed by atoms with Crippen LogP contribution in [0.25, 0.3) is 16.8 Å². The Hall–Kier alpha value is -1.88. The van der Waals surface area contributed by atoms with E-state index in [1.807, 2.05) is 47.2 Å². The first kappa shape index (κ1) is 10.3. The van der Waals surface area contributed by atoms with Crippen LogP contribution in [0.1, 0.15) is 0 Å². The summed E-state index contributed by atoms with van der Waals surface area (Å²) in [6.07, 6.45) is 5.56. The van der Waals surface area contributed by atoms with Crippen LogP contribution >= 0.6 is 11.8 Å². The van der Waals surface area contributed by atoms with Gasteiger partial charge >= 0.3 is 0 Å². The Morgan fingerprint density at radius 3 is 2.71 bits per heavy atom. The third-order valence-electron chi connectivity index (χ3n) is 2.55. The van der Waals surface area contributed by atoms with Crippen LogP contribution in [0, 0.1) is 0 Å². The molecule has 0 unspecified atom stereocenters. The Balaban J connectivity index is 2.29. The van der Waals surface area contributed by atoms with E-state index in [1.165, 1.54) is 0 Å². The van der Waals surface area contributed by atoms with Crippen molar-refractivity contribution in [3.8, 4) is 11.3 Å². The molecule has 0 saturated heterocycles. The van der Waals surface area contributed by atoms with Gasteiger partial charge in [0.1, 0.15) is 12.0 Å². The lowest BCUT2D eigenvalue weighted by molar-refractivity contribution is 0.812. The summed E-state index contributed by atoms with van der Waals surface area (Å²) in [6, 6.07) is 10.0. The Morgan fingerprint density at radius 1 is 1.12 bits per heavy atom. The lowest BCUT2D eigenvalue weighted by atomic mass is 10.1. The summed E-state index contributed by atoms with van der Waals surface area (Å²) in [4.78, 5) is 4.17. The van der Waals surface area contributed by atoms with Gasteiger partial charge in [-0.1, -0.05) is 42.1 Å². The van der Waals surface area contributed by atoms with Crippen molar-refractivity contribution in [3.63, 3.8) is 0 Å². The van der Waals surface area contributed by atoms with Crippen molar-refractivity contribution < 1.29 is 0 Å². The number of fused-ring (bicyclic) bond motifs is 1. The molecule has 0 bridgehead atoms. The van der Waals surface area contributed by atoms with Crippen LogP contribution in [0.4, 0.5) is 0 Å². The fourth-order valence-electron chi connectivity index (χ4n) is 1.76. The SMILES string of the molecule is CSc1nnc(-c2ccccc2)c2cncn12. The number of thioether (sulfide) groups is 1. The molecular formula is C12H10N4S. The van der Waals surface area contributed by atoms with Crippen LogP contribution < -0.4 is 0 Å². The summed E-state index contributed by atoms with van der Waals surface area (Å²) in [5, 5.41) is 9.34. The molecule has 84 valence electrons. The number of benzene rings is 1. The van der Waals surface area contributed by atoms with E-state index in [9.17, 15) is 0 Å². The topological polar surface area (TPSA) is 43.1 Å². The Labute approximate surface area is 103 Å². The lowest BCUT2D eigenvalue weighted by Crippen LogP contribution is -1.98. The highest BCUT2D eigenvalue weighted by molar-refractivity contribution is 7.98. The van der Waals surface area contributed by atoms with E-state index < -0.39 is 0 Å². The van der Waals surface area contributed by atoms with E-state index >= 15 is 0 Å². The standard InChI is InChI=1S/C12H10N4S/c1-17-12-15-14-11(9-5-3-2-4-6-9)10-7-13-8-16(10)12/h2-8H,1H3. The molecular weight excluding hydrogens is 232 g/mol. The number of hydrogen-bond donors (Lipinski definition) is 0. The number of rotatable bonds is 2. The van der Waals surface area contributed by atoms with E-state index in [0.717, 1.165) is 21.9 Å². The van der Waals surface area contributed by atoms with E-state index in [0.29, 0.717) is 0 Å². The summed E-state index contributed by atoms with van der Waals surface area (Å²) in [7, 11) is 0. The molecule has 0 aliphatic rings. The molecule has 0 atom stereocenters. The van der Waals surface area contributed by atoms with Crippen LogP contribution in [-0.4, -0.2) is 25.8 Å². The van der Waals surface area contributed by atoms with E-state index in [-0.39, 0.29) is 0 Å². The summed E-state index contributed by atoms with van der Waals surface area (Å²) in [5.41, 5.74) is 2.90. The van der Waals surface area contributed by atoms with Crippen molar-refractivity contribution in [1.82, 2.24) is 19.6 Å². The number of hydrogen-bond acceptors (Lipinski definition) is 4. The molecule has 5 heteroatoms. The van der Waals surface area contributed by atoms with Gasteiger partial charge in [0.05, 0.1) is 11.7 Å². The molecule has 3 rings (SSSR count). The molecule has 0 spiro atoms. The van der Waals surface area contributed by atoms with Crippen LogP contribution in [-0.2, 0) is 0 Å². The second-order valence-electron chi connectivity index (χ2n) is 3.55. The highest BCUT2D eigenvalue weighted by Crippen LogP contribution is 2.23. The van der Waals surface area contributed by atoms with Crippen molar-refractivity contribution in [2.75, 3.05) is 6.26 Å². The molecule has 2 aromatic heterocycles. The van der Waals surface area contributed by atoms with Gasteiger partial charge in [0.25, 0.3) is 0 Å². The quantitative estimate of drug-likeness (QED) is 0.648. The van der Waals surface area contributed by atoms with Gasteiger partial charge in [-0.2, -0.15) is 0 Å². The maximum atomic E-state index is 4.29. The maximum Gasteiger partial charge on any atom is 0.195 e. The van der Waals surface area contributed by atoms with Crippen molar-refractivity contribution in [2.24, 2.45) is 0 Å². The molecule has 0 fully saturated rings. The zero-order valence-corrected chi connectivity index (χ0v) is 10.1. The molecule has 1 aromatic carbocycles. The zero-order valence-electron chi connectivity index (χ0n) is 9.24. The average molecular weight is 242 g/mol. The number of aromatic nitrogens is 4.